The third-order valence-corrected chi connectivity index (χ3v) is 4.46. The number of nitrogens with zero attached hydrogens (tertiary/aromatic N) is 1. The van der Waals surface area contributed by atoms with Crippen LogP contribution in [0.3, 0.4) is 0 Å². The van der Waals surface area contributed by atoms with E-state index in [0.717, 1.165) is 0 Å². The third-order valence-electron chi connectivity index (χ3n) is 3.16. The van der Waals surface area contributed by atoms with E-state index in [4.69, 9.17) is 11.6 Å². The Balaban J connectivity index is 2.04. The highest BCUT2D eigenvalue weighted by Crippen LogP contribution is 2.27. The molecule has 1 aromatic carbocycles. The van der Waals surface area contributed by atoms with E-state index in [1.54, 1.807) is 23.1 Å². The van der Waals surface area contributed by atoms with Gasteiger partial charge in [0.15, 0.2) is 0 Å². The van der Waals surface area contributed by atoms with Gasteiger partial charge in [0.1, 0.15) is 0 Å². The van der Waals surface area contributed by atoms with Crippen molar-refractivity contribution in [2.45, 2.75) is 12.5 Å². The van der Waals surface area contributed by atoms with E-state index in [0.29, 0.717) is 34.6 Å². The first kappa shape index (κ1) is 15.1. The van der Waals surface area contributed by atoms with Crippen LogP contribution in [0.5, 0.6) is 0 Å². The van der Waals surface area contributed by atoms with Crippen LogP contribution in [-0.2, 0) is 4.74 Å². The van der Waals surface area contributed by atoms with Crippen molar-refractivity contribution >= 4 is 39.5 Å². The van der Waals surface area contributed by atoms with Crippen LogP contribution in [0.25, 0.3) is 0 Å². The molecule has 108 valence electrons. The van der Waals surface area contributed by atoms with Crippen molar-refractivity contribution in [3.8, 4) is 0 Å². The number of nitrogens with one attached hydrogen (secondary N) is 1. The summed E-state index contributed by atoms with van der Waals surface area (Å²) in [5.74, 6) is -0.134. The first-order valence-corrected chi connectivity index (χ1v) is 7.27. The quantitative estimate of drug-likeness (QED) is 0.881. The number of carbonyl (C=O) groups is 2. The largest absolute Gasteiger partial charge is 0.453 e. The molecular formula is C13H14BrClN2O3. The number of hydrogen-bond donors (Lipinski definition) is 1. The van der Waals surface area contributed by atoms with Crippen LogP contribution in [0.15, 0.2) is 22.7 Å². The molecule has 1 aliphatic rings. The monoisotopic (exact) mass is 360 g/mol. The average Bonchev–Trinajstić information content (AvgIpc) is 2.89. The zero-order valence-electron chi connectivity index (χ0n) is 10.9. The molecule has 7 heteroatoms. The predicted molar refractivity (Wildman–Crippen MR) is 79.0 cm³/mol. The van der Waals surface area contributed by atoms with Gasteiger partial charge in [-0.05, 0) is 34.5 Å². The molecule has 0 spiro atoms. The fraction of sp³-hybridized carbons (Fsp3) is 0.385. The lowest BCUT2D eigenvalue weighted by molar-refractivity contribution is 0.0788. The highest BCUT2D eigenvalue weighted by molar-refractivity contribution is 9.10. The van der Waals surface area contributed by atoms with Gasteiger partial charge in [-0.1, -0.05) is 17.7 Å². The number of amides is 2. The van der Waals surface area contributed by atoms with Gasteiger partial charge in [0.25, 0.3) is 5.91 Å². The van der Waals surface area contributed by atoms with Crippen LogP contribution in [0, 0.1) is 0 Å². The number of hydrogen-bond acceptors (Lipinski definition) is 3. The Morgan fingerprint density at radius 3 is 2.95 bits per heavy atom. The van der Waals surface area contributed by atoms with Gasteiger partial charge in [-0.25, -0.2) is 4.79 Å². The molecule has 1 saturated heterocycles. The second-order valence-corrected chi connectivity index (χ2v) is 5.71. The van der Waals surface area contributed by atoms with Crippen molar-refractivity contribution in [3.05, 3.63) is 33.3 Å². The molecular weight excluding hydrogens is 348 g/mol. The molecule has 0 bridgehead atoms. The molecule has 20 heavy (non-hydrogen) atoms. The van der Waals surface area contributed by atoms with Gasteiger partial charge >= 0.3 is 6.09 Å². The fourth-order valence-electron chi connectivity index (χ4n) is 2.13. The second kappa shape index (κ2) is 6.45. The van der Waals surface area contributed by atoms with Gasteiger partial charge in [0.2, 0.25) is 0 Å². The van der Waals surface area contributed by atoms with E-state index < -0.39 is 6.09 Å². The van der Waals surface area contributed by atoms with Gasteiger partial charge in [0.05, 0.1) is 23.7 Å². The number of alkyl carbamates (subject to hydrolysis) is 1. The van der Waals surface area contributed by atoms with Gasteiger partial charge in [-0.3, -0.25) is 4.79 Å². The summed E-state index contributed by atoms with van der Waals surface area (Å²) >= 11 is 9.43. The zero-order chi connectivity index (χ0) is 14.7. The number of ether oxygens (including phenoxy) is 1. The average molecular weight is 362 g/mol. The van der Waals surface area contributed by atoms with Crippen LogP contribution < -0.4 is 5.32 Å². The maximum absolute atomic E-state index is 12.4. The van der Waals surface area contributed by atoms with Crippen molar-refractivity contribution in [3.63, 3.8) is 0 Å². The number of carbonyl (C=O) groups excluding carboxylic acids is 2. The number of halogens is 2. The Bertz CT molecular complexity index is 538. The number of benzene rings is 1. The first-order chi connectivity index (χ1) is 9.52. The minimum absolute atomic E-state index is 0.0858. The highest BCUT2D eigenvalue weighted by atomic mass is 79.9. The minimum atomic E-state index is -0.482. The molecule has 1 atom stereocenters. The van der Waals surface area contributed by atoms with Crippen LogP contribution in [0.4, 0.5) is 4.79 Å². The van der Waals surface area contributed by atoms with E-state index in [9.17, 15) is 9.59 Å². The van der Waals surface area contributed by atoms with Crippen molar-refractivity contribution in [2.75, 3.05) is 20.2 Å². The molecule has 1 fully saturated rings. The summed E-state index contributed by atoms with van der Waals surface area (Å²) in [5, 5.41) is 3.10. The molecule has 1 aromatic rings. The van der Waals surface area contributed by atoms with Crippen LogP contribution >= 0.6 is 27.5 Å². The standard InChI is InChI=1S/C13H14BrClN2O3/c1-20-13(19)16-8-5-6-17(7-8)12(18)9-3-2-4-10(14)11(9)15/h2-4,8H,5-7H2,1H3,(H,16,19). The molecule has 0 aromatic heterocycles. The second-order valence-electron chi connectivity index (χ2n) is 4.47. The smallest absolute Gasteiger partial charge is 0.407 e. The molecule has 0 aliphatic carbocycles. The van der Waals surface area contributed by atoms with E-state index in [1.165, 1.54) is 7.11 Å². The van der Waals surface area contributed by atoms with Gasteiger partial charge in [-0.15, -0.1) is 0 Å². The maximum Gasteiger partial charge on any atom is 0.407 e. The topological polar surface area (TPSA) is 58.6 Å². The summed E-state index contributed by atoms with van der Waals surface area (Å²) in [6.45, 7) is 1.03. The Hall–Kier alpha value is -1.27. The van der Waals surface area contributed by atoms with Crippen LogP contribution in [-0.4, -0.2) is 43.1 Å². The summed E-state index contributed by atoms with van der Waals surface area (Å²) in [6, 6.07) is 5.15. The normalized spacial score (nSPS) is 17.9. The van der Waals surface area contributed by atoms with Gasteiger partial charge in [-0.2, -0.15) is 0 Å². The van der Waals surface area contributed by atoms with Crippen molar-refractivity contribution in [2.24, 2.45) is 0 Å². The third kappa shape index (κ3) is 3.24. The summed E-state index contributed by atoms with van der Waals surface area (Å²) in [5.41, 5.74) is 0.458. The summed E-state index contributed by atoms with van der Waals surface area (Å²) in [6.07, 6.45) is 0.219. The van der Waals surface area contributed by atoms with Crippen LogP contribution in [0.1, 0.15) is 16.8 Å². The lowest BCUT2D eigenvalue weighted by Gasteiger charge is -2.18. The molecule has 2 amide bonds. The summed E-state index contributed by atoms with van der Waals surface area (Å²) in [4.78, 5) is 25.2. The van der Waals surface area contributed by atoms with E-state index >= 15 is 0 Å². The number of likely N-dealkylation sites (tertiary alicyclic amines) is 1. The van der Waals surface area contributed by atoms with E-state index in [2.05, 4.69) is 26.0 Å². The Morgan fingerprint density at radius 2 is 2.25 bits per heavy atom. The Kier molecular flexibility index (Phi) is 4.88. The molecule has 0 saturated carbocycles. The van der Waals surface area contributed by atoms with Crippen molar-refractivity contribution in [1.82, 2.24) is 10.2 Å². The Labute approximate surface area is 130 Å². The molecule has 2 rings (SSSR count). The van der Waals surface area contributed by atoms with E-state index in [1.807, 2.05) is 0 Å². The van der Waals surface area contributed by atoms with Crippen molar-refractivity contribution < 1.29 is 14.3 Å². The SMILES string of the molecule is COC(=O)NC1CCN(C(=O)c2cccc(Br)c2Cl)C1. The minimum Gasteiger partial charge on any atom is -0.453 e. The molecule has 5 nitrogen and oxygen atoms in total. The highest BCUT2D eigenvalue weighted by Gasteiger charge is 2.29. The fourth-order valence-corrected chi connectivity index (χ4v) is 2.70. The van der Waals surface area contributed by atoms with E-state index in [-0.39, 0.29) is 11.9 Å². The number of rotatable bonds is 2. The Morgan fingerprint density at radius 1 is 1.50 bits per heavy atom. The number of methoxy groups -OCH3 is 1. The lowest BCUT2D eigenvalue weighted by Crippen LogP contribution is -2.38. The molecule has 1 unspecified atom stereocenters. The molecule has 0 radical (unpaired) electrons. The maximum atomic E-state index is 12.4. The van der Waals surface area contributed by atoms with Gasteiger partial charge < -0.3 is 15.0 Å². The zero-order valence-corrected chi connectivity index (χ0v) is 13.2. The van der Waals surface area contributed by atoms with Crippen molar-refractivity contribution in [1.29, 1.82) is 0 Å². The molecule has 1 aliphatic heterocycles. The molecule has 1 heterocycles. The molecule has 1 N–H and O–H groups in total. The van der Waals surface area contributed by atoms with Gasteiger partial charge in [0, 0.05) is 17.6 Å². The predicted octanol–water partition coefficient (Wildman–Crippen LogP) is 2.67. The summed E-state index contributed by atoms with van der Waals surface area (Å²) in [7, 11) is 1.31. The first-order valence-electron chi connectivity index (χ1n) is 6.10. The van der Waals surface area contributed by atoms with Crippen LogP contribution in [0.2, 0.25) is 5.02 Å². The lowest BCUT2D eigenvalue weighted by atomic mass is 10.2. The summed E-state index contributed by atoms with van der Waals surface area (Å²) < 4.78 is 5.23.